The van der Waals surface area contributed by atoms with Crippen LogP contribution in [0.4, 0.5) is 11.4 Å². The summed E-state index contributed by atoms with van der Waals surface area (Å²) in [7, 11) is 0. The van der Waals surface area contributed by atoms with Crippen molar-refractivity contribution in [1.29, 1.82) is 0 Å². The highest BCUT2D eigenvalue weighted by atomic mass is 16.5. The van der Waals surface area contributed by atoms with Crippen molar-refractivity contribution in [2.45, 2.75) is 40.2 Å². The summed E-state index contributed by atoms with van der Waals surface area (Å²) >= 11 is 0. The highest BCUT2D eigenvalue weighted by Gasteiger charge is 2.19. The summed E-state index contributed by atoms with van der Waals surface area (Å²) in [5.74, 6) is 0. The van der Waals surface area contributed by atoms with Gasteiger partial charge < -0.3 is 24.8 Å². The molecule has 0 radical (unpaired) electrons. The van der Waals surface area contributed by atoms with Gasteiger partial charge in [0, 0.05) is 55.7 Å². The van der Waals surface area contributed by atoms with Crippen molar-refractivity contribution < 1.29 is 4.74 Å². The van der Waals surface area contributed by atoms with Gasteiger partial charge in [0.05, 0.1) is 41.0 Å². The molecule has 7 heteroatoms. The third-order valence-electron chi connectivity index (χ3n) is 7.84. The van der Waals surface area contributed by atoms with Crippen LogP contribution in [-0.2, 0) is 11.3 Å². The first-order valence-corrected chi connectivity index (χ1v) is 14.6. The first-order valence-electron chi connectivity index (χ1n) is 14.6. The Balaban J connectivity index is 1.49. The molecule has 1 aliphatic heterocycles. The molecular formula is C31H44N6O. The van der Waals surface area contributed by atoms with E-state index >= 15 is 0 Å². The fraction of sp³-hybridized carbons (Fsp3) is 0.516. The third kappa shape index (κ3) is 5.75. The molecule has 0 bridgehead atoms. The van der Waals surface area contributed by atoms with E-state index in [1.165, 1.54) is 27.5 Å². The maximum Gasteiger partial charge on any atom is 0.0988 e. The molecule has 0 spiro atoms. The molecule has 7 nitrogen and oxygen atoms in total. The van der Waals surface area contributed by atoms with Crippen molar-refractivity contribution >= 4 is 44.2 Å². The lowest BCUT2D eigenvalue weighted by Gasteiger charge is -2.26. The Morgan fingerprint density at radius 1 is 0.921 bits per heavy atom. The van der Waals surface area contributed by atoms with Gasteiger partial charge in [0.15, 0.2) is 0 Å². The number of anilines is 2. The summed E-state index contributed by atoms with van der Waals surface area (Å²) in [5, 5.41) is 9.93. The second kappa shape index (κ2) is 12.8. The Morgan fingerprint density at radius 2 is 1.74 bits per heavy atom. The van der Waals surface area contributed by atoms with E-state index in [0.29, 0.717) is 0 Å². The standard InChI is InChI=1S/C31H44N6O/c1-4-16-37-28-11-8-7-10-26(28)30-31(37)29(33-14-9-17-36-19-21-38-22-20-36)25-13-12-24(23-27(25)34-30)32-15-18-35(5-2)6-3/h7-8,10-13,23,32H,4-6,9,14-22H2,1-3H3,(H,33,34). The molecule has 4 aromatic rings. The highest BCUT2D eigenvalue weighted by Crippen LogP contribution is 2.38. The van der Waals surface area contributed by atoms with E-state index in [-0.39, 0.29) is 0 Å². The molecule has 2 aromatic heterocycles. The molecule has 1 saturated heterocycles. The predicted octanol–water partition coefficient (Wildman–Crippen LogP) is 5.64. The van der Waals surface area contributed by atoms with Gasteiger partial charge in [-0.2, -0.15) is 0 Å². The smallest absolute Gasteiger partial charge is 0.0988 e. The molecule has 1 fully saturated rings. The number of nitrogens with zero attached hydrogens (tertiary/aromatic N) is 4. The monoisotopic (exact) mass is 516 g/mol. The summed E-state index contributed by atoms with van der Waals surface area (Å²) in [6.45, 7) is 17.6. The molecular weight excluding hydrogens is 472 g/mol. The largest absolute Gasteiger partial charge is 0.384 e. The number of para-hydroxylation sites is 1. The average Bonchev–Trinajstić information content (AvgIpc) is 3.26. The lowest BCUT2D eigenvalue weighted by atomic mass is 10.1. The van der Waals surface area contributed by atoms with Crippen molar-refractivity contribution in [1.82, 2.24) is 19.4 Å². The molecule has 0 amide bonds. The second-order valence-electron chi connectivity index (χ2n) is 10.3. The Labute approximate surface area is 227 Å². The van der Waals surface area contributed by atoms with Gasteiger partial charge in [0.2, 0.25) is 0 Å². The Morgan fingerprint density at radius 3 is 2.53 bits per heavy atom. The van der Waals surface area contributed by atoms with Gasteiger partial charge in [-0.25, -0.2) is 4.98 Å². The summed E-state index contributed by atoms with van der Waals surface area (Å²) in [6, 6.07) is 15.4. The number of aromatic nitrogens is 2. The number of fused-ring (bicyclic) bond motifs is 4. The molecule has 38 heavy (non-hydrogen) atoms. The number of benzene rings is 2. The van der Waals surface area contributed by atoms with Crippen LogP contribution in [0.5, 0.6) is 0 Å². The van der Waals surface area contributed by atoms with Crippen LogP contribution in [0.3, 0.4) is 0 Å². The molecule has 3 heterocycles. The second-order valence-corrected chi connectivity index (χ2v) is 10.3. The quantitative estimate of drug-likeness (QED) is 0.224. The molecule has 2 N–H and O–H groups in total. The van der Waals surface area contributed by atoms with E-state index in [0.717, 1.165) is 102 Å². The number of morpholine rings is 1. The normalized spacial score (nSPS) is 14.7. The Kier molecular flexibility index (Phi) is 8.99. The van der Waals surface area contributed by atoms with Crippen molar-refractivity contribution in [2.75, 3.05) is 76.2 Å². The van der Waals surface area contributed by atoms with Crippen LogP contribution in [0, 0.1) is 0 Å². The zero-order chi connectivity index (χ0) is 26.3. The molecule has 1 aliphatic rings. The average molecular weight is 517 g/mol. The molecule has 204 valence electrons. The van der Waals surface area contributed by atoms with Gasteiger partial charge in [0.25, 0.3) is 0 Å². The van der Waals surface area contributed by atoms with Crippen molar-refractivity contribution in [3.8, 4) is 0 Å². The Bertz CT molecular complexity index is 1340. The van der Waals surface area contributed by atoms with E-state index in [2.05, 4.69) is 88.2 Å². The van der Waals surface area contributed by atoms with E-state index in [4.69, 9.17) is 9.72 Å². The lowest BCUT2D eigenvalue weighted by Crippen LogP contribution is -2.37. The minimum absolute atomic E-state index is 0.853. The highest BCUT2D eigenvalue weighted by molar-refractivity contribution is 6.16. The Hall–Kier alpha value is -2.87. The number of likely N-dealkylation sites (N-methyl/N-ethyl adjacent to an activating group) is 1. The first kappa shape index (κ1) is 26.7. The van der Waals surface area contributed by atoms with Crippen LogP contribution in [0.25, 0.3) is 32.8 Å². The molecule has 0 aliphatic carbocycles. The van der Waals surface area contributed by atoms with Crippen LogP contribution in [0.2, 0.25) is 0 Å². The fourth-order valence-electron chi connectivity index (χ4n) is 5.72. The van der Waals surface area contributed by atoms with Gasteiger partial charge in [-0.15, -0.1) is 0 Å². The van der Waals surface area contributed by atoms with Crippen molar-refractivity contribution in [3.63, 3.8) is 0 Å². The van der Waals surface area contributed by atoms with Gasteiger partial charge in [-0.3, -0.25) is 4.90 Å². The first-order chi connectivity index (χ1) is 18.7. The number of pyridine rings is 1. The van der Waals surface area contributed by atoms with Gasteiger partial charge in [-0.05, 0) is 56.7 Å². The lowest BCUT2D eigenvalue weighted by molar-refractivity contribution is 0.0378. The van der Waals surface area contributed by atoms with Gasteiger partial charge >= 0.3 is 0 Å². The molecule has 0 unspecified atom stereocenters. The zero-order valence-corrected chi connectivity index (χ0v) is 23.4. The van der Waals surface area contributed by atoms with Crippen LogP contribution in [0.15, 0.2) is 42.5 Å². The number of hydrogen-bond donors (Lipinski definition) is 2. The third-order valence-corrected chi connectivity index (χ3v) is 7.84. The summed E-state index contributed by atoms with van der Waals surface area (Å²) < 4.78 is 7.99. The van der Waals surface area contributed by atoms with E-state index in [1.807, 2.05) is 0 Å². The summed E-state index contributed by atoms with van der Waals surface area (Å²) in [4.78, 5) is 10.2. The summed E-state index contributed by atoms with van der Waals surface area (Å²) in [6.07, 6.45) is 2.18. The van der Waals surface area contributed by atoms with Crippen LogP contribution < -0.4 is 10.6 Å². The number of hydrogen-bond acceptors (Lipinski definition) is 6. The topological polar surface area (TPSA) is 57.6 Å². The van der Waals surface area contributed by atoms with Crippen molar-refractivity contribution in [3.05, 3.63) is 42.5 Å². The molecule has 0 atom stereocenters. The number of rotatable bonds is 13. The maximum absolute atomic E-state index is 5.52. The zero-order valence-electron chi connectivity index (χ0n) is 23.4. The predicted molar refractivity (Wildman–Crippen MR) is 162 cm³/mol. The molecule has 0 saturated carbocycles. The van der Waals surface area contributed by atoms with Crippen LogP contribution in [-0.4, -0.2) is 84.9 Å². The van der Waals surface area contributed by atoms with Gasteiger partial charge in [-0.1, -0.05) is 39.0 Å². The van der Waals surface area contributed by atoms with E-state index in [1.54, 1.807) is 0 Å². The molecule has 5 rings (SSSR count). The van der Waals surface area contributed by atoms with Crippen molar-refractivity contribution in [2.24, 2.45) is 0 Å². The SMILES string of the molecule is CCCn1c2ccccc2c2nc3cc(NCCN(CC)CC)ccc3c(NCCCN3CCOCC3)c21. The number of ether oxygens (including phenoxy) is 1. The molecule has 2 aromatic carbocycles. The van der Waals surface area contributed by atoms with E-state index < -0.39 is 0 Å². The number of nitrogens with one attached hydrogen (secondary N) is 2. The van der Waals surface area contributed by atoms with E-state index in [9.17, 15) is 0 Å². The minimum atomic E-state index is 0.853. The van der Waals surface area contributed by atoms with Crippen LogP contribution in [0.1, 0.15) is 33.6 Å². The van der Waals surface area contributed by atoms with Crippen LogP contribution >= 0.6 is 0 Å². The maximum atomic E-state index is 5.52. The summed E-state index contributed by atoms with van der Waals surface area (Å²) in [5.41, 5.74) is 6.98. The fourth-order valence-corrected chi connectivity index (χ4v) is 5.72. The minimum Gasteiger partial charge on any atom is -0.384 e. The number of aryl methyl sites for hydroxylation is 1. The van der Waals surface area contributed by atoms with Gasteiger partial charge in [0.1, 0.15) is 0 Å².